The average molecular weight is 282 g/mol. The summed E-state index contributed by atoms with van der Waals surface area (Å²) in [5.41, 5.74) is 2.88. The van der Waals surface area contributed by atoms with Crippen molar-refractivity contribution >= 4 is 17.1 Å². The van der Waals surface area contributed by atoms with Crippen LogP contribution in [0.25, 0.3) is 0 Å². The van der Waals surface area contributed by atoms with Crippen LogP contribution in [-0.4, -0.2) is 11.1 Å². The van der Waals surface area contributed by atoms with E-state index < -0.39 is 0 Å². The lowest BCUT2D eigenvalue weighted by molar-refractivity contribution is 0.463. The van der Waals surface area contributed by atoms with Gasteiger partial charge in [-0.2, -0.15) is 0 Å². The Morgan fingerprint density at radius 2 is 1.48 bits per heavy atom. The Labute approximate surface area is 126 Å². The van der Waals surface area contributed by atoms with Gasteiger partial charge in [0.25, 0.3) is 0 Å². The molecule has 0 amide bonds. The molecule has 2 aromatic rings. The number of phenols is 1. The summed E-state index contributed by atoms with van der Waals surface area (Å²) in [7, 11) is 0. The predicted octanol–water partition coefficient (Wildman–Crippen LogP) is 4.88. The molecular weight excluding hydrogens is 260 g/mol. The molecule has 3 rings (SSSR count). The first-order valence-electron chi connectivity index (χ1n) is 7.73. The van der Waals surface area contributed by atoms with Crippen molar-refractivity contribution in [2.75, 3.05) is 10.6 Å². The molecule has 3 nitrogen and oxygen atoms in total. The smallest absolute Gasteiger partial charge is 0.139 e. The molecule has 1 saturated carbocycles. The van der Waals surface area contributed by atoms with Crippen molar-refractivity contribution in [3.63, 3.8) is 0 Å². The van der Waals surface area contributed by atoms with Gasteiger partial charge in [-0.25, -0.2) is 0 Å². The topological polar surface area (TPSA) is 44.3 Å². The Morgan fingerprint density at radius 1 is 0.810 bits per heavy atom. The summed E-state index contributed by atoms with van der Waals surface area (Å²) in [5.74, 6) is 0.266. The molecule has 0 aromatic heterocycles. The van der Waals surface area contributed by atoms with E-state index in [1.165, 1.54) is 37.8 Å². The van der Waals surface area contributed by atoms with Crippen molar-refractivity contribution in [3.8, 4) is 5.75 Å². The number of phenolic OH excluding ortho intramolecular Hbond substituents is 1. The molecule has 3 heteroatoms. The van der Waals surface area contributed by atoms with Gasteiger partial charge in [-0.15, -0.1) is 0 Å². The number of aromatic hydroxyl groups is 1. The van der Waals surface area contributed by atoms with Crippen molar-refractivity contribution in [1.82, 2.24) is 0 Å². The quantitative estimate of drug-likeness (QED) is 0.700. The number of nitrogens with one attached hydrogen (secondary N) is 2. The number of benzene rings is 2. The van der Waals surface area contributed by atoms with Crippen LogP contribution in [0, 0.1) is 0 Å². The molecular formula is C18H22N2O. The normalized spacial score (nSPS) is 15.6. The fourth-order valence-corrected chi connectivity index (χ4v) is 2.87. The first-order chi connectivity index (χ1) is 10.3. The van der Waals surface area contributed by atoms with Gasteiger partial charge in [0.1, 0.15) is 5.75 Å². The van der Waals surface area contributed by atoms with E-state index in [-0.39, 0.29) is 5.75 Å². The minimum Gasteiger partial charge on any atom is -0.506 e. The van der Waals surface area contributed by atoms with E-state index in [1.807, 2.05) is 30.3 Å². The zero-order valence-corrected chi connectivity index (χ0v) is 12.2. The molecule has 0 atom stereocenters. The summed E-state index contributed by atoms with van der Waals surface area (Å²) in [6, 6.07) is 16.2. The number of rotatable bonds is 4. The van der Waals surface area contributed by atoms with E-state index in [0.717, 1.165) is 11.4 Å². The van der Waals surface area contributed by atoms with E-state index >= 15 is 0 Å². The maximum Gasteiger partial charge on any atom is 0.139 e. The molecule has 110 valence electrons. The molecule has 0 spiro atoms. The minimum atomic E-state index is 0.266. The van der Waals surface area contributed by atoms with Crippen LogP contribution in [0.1, 0.15) is 32.1 Å². The Hall–Kier alpha value is -2.16. The summed E-state index contributed by atoms with van der Waals surface area (Å²) in [5, 5.41) is 16.6. The van der Waals surface area contributed by atoms with Crippen LogP contribution in [0.15, 0.2) is 48.5 Å². The van der Waals surface area contributed by atoms with Crippen LogP contribution >= 0.6 is 0 Å². The molecule has 0 saturated heterocycles. The van der Waals surface area contributed by atoms with Gasteiger partial charge in [-0.3, -0.25) is 0 Å². The highest BCUT2D eigenvalue weighted by Crippen LogP contribution is 2.27. The maximum absolute atomic E-state index is 9.77. The van der Waals surface area contributed by atoms with Crippen LogP contribution < -0.4 is 10.6 Å². The van der Waals surface area contributed by atoms with Gasteiger partial charge in [0.2, 0.25) is 0 Å². The standard InChI is InChI=1S/C18H22N2O/c21-18-9-5-4-8-17(18)20-16-12-10-15(11-13-16)19-14-6-2-1-3-7-14/h4-5,8-14,19-21H,1-3,6-7H2. The van der Waals surface area contributed by atoms with Gasteiger partial charge in [-0.05, 0) is 49.2 Å². The summed E-state index contributed by atoms with van der Waals surface area (Å²) in [6.07, 6.45) is 6.60. The summed E-state index contributed by atoms with van der Waals surface area (Å²) in [4.78, 5) is 0. The molecule has 1 aliphatic carbocycles. The molecule has 21 heavy (non-hydrogen) atoms. The molecule has 0 aliphatic heterocycles. The predicted molar refractivity (Wildman–Crippen MR) is 88.3 cm³/mol. The molecule has 0 unspecified atom stereocenters. The largest absolute Gasteiger partial charge is 0.506 e. The summed E-state index contributed by atoms with van der Waals surface area (Å²) < 4.78 is 0. The number of anilines is 3. The van der Waals surface area contributed by atoms with Gasteiger partial charge < -0.3 is 15.7 Å². The molecule has 0 heterocycles. The van der Waals surface area contributed by atoms with E-state index in [2.05, 4.69) is 22.8 Å². The lowest BCUT2D eigenvalue weighted by Gasteiger charge is -2.24. The lowest BCUT2D eigenvalue weighted by atomic mass is 9.95. The average Bonchev–Trinajstić information content (AvgIpc) is 2.52. The maximum atomic E-state index is 9.77. The Balaban J connectivity index is 1.62. The third-order valence-electron chi connectivity index (χ3n) is 4.04. The zero-order chi connectivity index (χ0) is 14.5. The van der Waals surface area contributed by atoms with Gasteiger partial charge >= 0.3 is 0 Å². The van der Waals surface area contributed by atoms with Gasteiger partial charge in [0.05, 0.1) is 5.69 Å². The van der Waals surface area contributed by atoms with E-state index in [9.17, 15) is 5.11 Å². The lowest BCUT2D eigenvalue weighted by Crippen LogP contribution is -2.22. The zero-order valence-electron chi connectivity index (χ0n) is 12.2. The molecule has 1 fully saturated rings. The van der Waals surface area contributed by atoms with Crippen molar-refractivity contribution in [2.24, 2.45) is 0 Å². The van der Waals surface area contributed by atoms with Crippen LogP contribution in [0.3, 0.4) is 0 Å². The van der Waals surface area contributed by atoms with Crippen molar-refractivity contribution in [3.05, 3.63) is 48.5 Å². The second-order valence-corrected chi connectivity index (χ2v) is 5.70. The minimum absolute atomic E-state index is 0.266. The molecule has 2 aromatic carbocycles. The summed E-state index contributed by atoms with van der Waals surface area (Å²) >= 11 is 0. The number of hydrogen-bond acceptors (Lipinski definition) is 3. The highest BCUT2D eigenvalue weighted by atomic mass is 16.3. The van der Waals surface area contributed by atoms with Crippen molar-refractivity contribution in [1.29, 1.82) is 0 Å². The number of hydrogen-bond donors (Lipinski definition) is 3. The van der Waals surface area contributed by atoms with Gasteiger partial charge in [0.15, 0.2) is 0 Å². The van der Waals surface area contributed by atoms with E-state index in [1.54, 1.807) is 6.07 Å². The second-order valence-electron chi connectivity index (χ2n) is 5.70. The third kappa shape index (κ3) is 3.69. The second kappa shape index (κ2) is 6.53. The Bertz CT molecular complexity index is 574. The van der Waals surface area contributed by atoms with Crippen LogP contribution in [0.4, 0.5) is 17.1 Å². The first kappa shape index (κ1) is 13.8. The monoisotopic (exact) mass is 282 g/mol. The first-order valence-corrected chi connectivity index (χ1v) is 7.73. The van der Waals surface area contributed by atoms with Crippen LogP contribution in [0.5, 0.6) is 5.75 Å². The van der Waals surface area contributed by atoms with Gasteiger partial charge in [-0.1, -0.05) is 31.4 Å². The van der Waals surface area contributed by atoms with E-state index in [4.69, 9.17) is 0 Å². The molecule has 0 radical (unpaired) electrons. The highest BCUT2D eigenvalue weighted by molar-refractivity contribution is 5.67. The highest BCUT2D eigenvalue weighted by Gasteiger charge is 2.12. The molecule has 3 N–H and O–H groups in total. The van der Waals surface area contributed by atoms with Crippen molar-refractivity contribution < 1.29 is 5.11 Å². The van der Waals surface area contributed by atoms with Gasteiger partial charge in [0, 0.05) is 17.4 Å². The van der Waals surface area contributed by atoms with Crippen LogP contribution in [0.2, 0.25) is 0 Å². The molecule has 1 aliphatic rings. The van der Waals surface area contributed by atoms with Crippen molar-refractivity contribution in [2.45, 2.75) is 38.1 Å². The Kier molecular flexibility index (Phi) is 4.29. The number of para-hydroxylation sites is 2. The fraction of sp³-hybridized carbons (Fsp3) is 0.333. The van der Waals surface area contributed by atoms with Crippen LogP contribution in [-0.2, 0) is 0 Å². The summed E-state index contributed by atoms with van der Waals surface area (Å²) in [6.45, 7) is 0. The Morgan fingerprint density at radius 3 is 2.19 bits per heavy atom. The van der Waals surface area contributed by atoms with E-state index in [0.29, 0.717) is 6.04 Å². The SMILES string of the molecule is Oc1ccccc1Nc1ccc(NC2CCCCC2)cc1. The third-order valence-corrected chi connectivity index (χ3v) is 4.04. The fourth-order valence-electron chi connectivity index (χ4n) is 2.87. The molecule has 0 bridgehead atoms.